The lowest BCUT2D eigenvalue weighted by Gasteiger charge is -2.10. The van der Waals surface area contributed by atoms with Gasteiger partial charge in [-0.2, -0.15) is 0 Å². The van der Waals surface area contributed by atoms with Crippen molar-refractivity contribution in [3.05, 3.63) is 70.9 Å². The Morgan fingerprint density at radius 1 is 1.04 bits per heavy atom. The number of pyridine rings is 1. The molecule has 6 heteroatoms. The SMILES string of the molecule is CC(C)OC(=O)c1ccc2c(c1)C(=O)C(c1nc3ccccc3cc1O)C2=O. The predicted octanol–water partition coefficient (Wildman–Crippen LogP) is 3.67. The second-order valence-electron chi connectivity index (χ2n) is 6.96. The molecule has 1 heterocycles. The third kappa shape index (κ3) is 2.83. The number of carbonyl (C=O) groups is 3. The molecule has 1 aliphatic carbocycles. The number of hydrogen-bond donors (Lipinski definition) is 1. The van der Waals surface area contributed by atoms with Crippen LogP contribution in [0.3, 0.4) is 0 Å². The highest BCUT2D eigenvalue weighted by Crippen LogP contribution is 2.38. The standard InChI is InChI=1S/C22H17NO5/c1-11(2)28-22(27)13-7-8-14-15(9-13)21(26)18(20(14)25)19-17(24)10-12-5-3-4-6-16(12)23-19/h3-11,18,24H,1-2H3. The van der Waals surface area contributed by atoms with Gasteiger partial charge in [0.05, 0.1) is 17.2 Å². The predicted molar refractivity (Wildman–Crippen MR) is 102 cm³/mol. The van der Waals surface area contributed by atoms with Gasteiger partial charge in [-0.3, -0.25) is 9.59 Å². The van der Waals surface area contributed by atoms with Crippen LogP contribution in [0, 0.1) is 0 Å². The van der Waals surface area contributed by atoms with Gasteiger partial charge < -0.3 is 9.84 Å². The normalized spacial score (nSPS) is 15.9. The Hall–Kier alpha value is -3.54. The van der Waals surface area contributed by atoms with Crippen LogP contribution in [0.15, 0.2) is 48.5 Å². The van der Waals surface area contributed by atoms with Crippen LogP contribution in [-0.2, 0) is 4.74 Å². The van der Waals surface area contributed by atoms with Crippen LogP contribution in [0.2, 0.25) is 0 Å². The van der Waals surface area contributed by atoms with Crippen LogP contribution >= 0.6 is 0 Å². The summed E-state index contributed by atoms with van der Waals surface area (Å²) in [7, 11) is 0. The van der Waals surface area contributed by atoms with Crippen LogP contribution < -0.4 is 0 Å². The summed E-state index contributed by atoms with van der Waals surface area (Å²) < 4.78 is 5.15. The van der Waals surface area contributed by atoms with Crippen molar-refractivity contribution in [2.75, 3.05) is 0 Å². The maximum atomic E-state index is 13.0. The highest BCUT2D eigenvalue weighted by atomic mass is 16.5. The van der Waals surface area contributed by atoms with Gasteiger partial charge in [0.15, 0.2) is 11.6 Å². The molecular formula is C22H17NO5. The molecule has 0 radical (unpaired) electrons. The molecular weight excluding hydrogens is 358 g/mol. The average molecular weight is 375 g/mol. The van der Waals surface area contributed by atoms with Gasteiger partial charge in [0.1, 0.15) is 17.4 Å². The molecule has 4 rings (SSSR count). The van der Waals surface area contributed by atoms with Crippen molar-refractivity contribution in [2.24, 2.45) is 0 Å². The van der Waals surface area contributed by atoms with E-state index in [1.807, 2.05) is 6.07 Å². The number of rotatable bonds is 3. The summed E-state index contributed by atoms with van der Waals surface area (Å²) in [6.45, 7) is 3.45. The zero-order chi connectivity index (χ0) is 20.0. The summed E-state index contributed by atoms with van der Waals surface area (Å²) in [5.41, 5.74) is 1.15. The van der Waals surface area contributed by atoms with Crippen LogP contribution in [0.5, 0.6) is 5.75 Å². The van der Waals surface area contributed by atoms with Gasteiger partial charge in [-0.05, 0) is 44.2 Å². The topological polar surface area (TPSA) is 93.6 Å². The van der Waals surface area contributed by atoms with E-state index in [1.54, 1.807) is 32.0 Å². The van der Waals surface area contributed by atoms with Gasteiger partial charge in [0.25, 0.3) is 0 Å². The number of ketones is 2. The Labute approximate surface area is 160 Å². The van der Waals surface area contributed by atoms with E-state index in [0.717, 1.165) is 0 Å². The second-order valence-corrected chi connectivity index (χ2v) is 6.96. The Balaban J connectivity index is 1.77. The van der Waals surface area contributed by atoms with E-state index in [4.69, 9.17) is 4.74 Å². The molecule has 0 spiro atoms. The lowest BCUT2D eigenvalue weighted by atomic mass is 9.97. The van der Waals surface area contributed by atoms with Crippen molar-refractivity contribution in [1.29, 1.82) is 0 Å². The Kier molecular flexibility index (Phi) is 4.19. The first kappa shape index (κ1) is 17.9. The maximum absolute atomic E-state index is 13.0. The number of aromatic nitrogens is 1. The van der Waals surface area contributed by atoms with Crippen molar-refractivity contribution in [1.82, 2.24) is 4.98 Å². The third-order valence-corrected chi connectivity index (χ3v) is 4.66. The number of carbonyl (C=O) groups excluding carboxylic acids is 3. The summed E-state index contributed by atoms with van der Waals surface area (Å²) in [5, 5.41) is 11.1. The number of ether oxygens (including phenoxy) is 1. The number of nitrogens with zero attached hydrogens (tertiary/aromatic N) is 1. The third-order valence-electron chi connectivity index (χ3n) is 4.66. The van der Waals surface area contributed by atoms with Gasteiger partial charge in [-0.1, -0.05) is 18.2 Å². The number of aromatic hydroxyl groups is 1. The molecule has 140 valence electrons. The molecule has 3 aromatic rings. The van der Waals surface area contributed by atoms with Crippen molar-refractivity contribution in [2.45, 2.75) is 25.9 Å². The van der Waals surface area contributed by atoms with Crippen molar-refractivity contribution < 1.29 is 24.2 Å². The molecule has 6 nitrogen and oxygen atoms in total. The lowest BCUT2D eigenvalue weighted by Crippen LogP contribution is -2.15. The Morgan fingerprint density at radius 3 is 2.50 bits per heavy atom. The van der Waals surface area contributed by atoms with E-state index >= 15 is 0 Å². The number of benzene rings is 2. The molecule has 0 saturated heterocycles. The molecule has 1 atom stereocenters. The van der Waals surface area contributed by atoms with Gasteiger partial charge in [0, 0.05) is 16.5 Å². The van der Waals surface area contributed by atoms with E-state index in [2.05, 4.69) is 4.98 Å². The summed E-state index contributed by atoms with van der Waals surface area (Å²) in [6, 6.07) is 12.9. The quantitative estimate of drug-likeness (QED) is 0.555. The minimum absolute atomic E-state index is 0.0243. The molecule has 1 aromatic heterocycles. The molecule has 1 aliphatic rings. The van der Waals surface area contributed by atoms with Crippen molar-refractivity contribution in [3.8, 4) is 5.75 Å². The largest absolute Gasteiger partial charge is 0.506 e. The number of esters is 1. The minimum Gasteiger partial charge on any atom is -0.506 e. The lowest BCUT2D eigenvalue weighted by molar-refractivity contribution is 0.0377. The zero-order valence-electron chi connectivity index (χ0n) is 15.3. The number of hydrogen-bond acceptors (Lipinski definition) is 6. The Bertz CT molecular complexity index is 1150. The van der Waals surface area contributed by atoms with E-state index in [1.165, 1.54) is 24.3 Å². The second kappa shape index (κ2) is 6.56. The number of fused-ring (bicyclic) bond motifs is 2. The summed E-state index contributed by atoms with van der Waals surface area (Å²) in [5.74, 6) is -2.93. The summed E-state index contributed by atoms with van der Waals surface area (Å²) in [6.07, 6.45) is -0.301. The van der Waals surface area contributed by atoms with Crippen molar-refractivity contribution >= 4 is 28.4 Å². The van der Waals surface area contributed by atoms with Gasteiger partial charge >= 0.3 is 5.97 Å². The highest BCUT2D eigenvalue weighted by Gasteiger charge is 2.42. The molecule has 0 amide bonds. The van der Waals surface area contributed by atoms with E-state index < -0.39 is 23.5 Å². The molecule has 2 aromatic carbocycles. The minimum atomic E-state index is -1.23. The number of Topliss-reactive ketones (excluding diaryl/α,β-unsaturated/α-hetero) is 2. The van der Waals surface area contributed by atoms with Crippen LogP contribution in [-0.4, -0.2) is 33.7 Å². The molecule has 0 fully saturated rings. The van der Waals surface area contributed by atoms with Gasteiger partial charge in [-0.25, -0.2) is 9.78 Å². The van der Waals surface area contributed by atoms with Crippen LogP contribution in [0.25, 0.3) is 10.9 Å². The fourth-order valence-corrected chi connectivity index (χ4v) is 3.38. The maximum Gasteiger partial charge on any atom is 0.338 e. The first-order chi connectivity index (χ1) is 13.4. The zero-order valence-corrected chi connectivity index (χ0v) is 15.3. The fourth-order valence-electron chi connectivity index (χ4n) is 3.38. The van der Waals surface area contributed by atoms with Gasteiger partial charge in [0.2, 0.25) is 0 Å². The molecule has 0 bridgehead atoms. The molecule has 0 aliphatic heterocycles. The first-order valence-electron chi connectivity index (χ1n) is 8.89. The smallest absolute Gasteiger partial charge is 0.338 e. The molecule has 28 heavy (non-hydrogen) atoms. The monoisotopic (exact) mass is 375 g/mol. The van der Waals surface area contributed by atoms with Gasteiger partial charge in [-0.15, -0.1) is 0 Å². The fraction of sp³-hybridized carbons (Fsp3) is 0.182. The van der Waals surface area contributed by atoms with E-state index in [9.17, 15) is 19.5 Å². The highest BCUT2D eigenvalue weighted by molar-refractivity contribution is 6.30. The molecule has 0 saturated carbocycles. The Morgan fingerprint density at radius 2 is 1.75 bits per heavy atom. The average Bonchev–Trinajstić information content (AvgIpc) is 2.91. The molecule has 1 unspecified atom stereocenters. The van der Waals surface area contributed by atoms with E-state index in [-0.39, 0.29) is 34.2 Å². The number of para-hydroxylation sites is 1. The summed E-state index contributed by atoms with van der Waals surface area (Å²) >= 11 is 0. The first-order valence-corrected chi connectivity index (χ1v) is 8.89. The molecule has 1 N–H and O–H groups in total. The van der Waals surface area contributed by atoms with E-state index in [0.29, 0.717) is 10.9 Å². The van der Waals surface area contributed by atoms with Crippen LogP contribution in [0.1, 0.15) is 56.5 Å². The van der Waals surface area contributed by atoms with Crippen LogP contribution in [0.4, 0.5) is 0 Å². The summed E-state index contributed by atoms with van der Waals surface area (Å²) in [4.78, 5) is 42.3. The van der Waals surface area contributed by atoms with Crippen molar-refractivity contribution in [3.63, 3.8) is 0 Å².